The van der Waals surface area contributed by atoms with Crippen LogP contribution in [0.2, 0.25) is 18.1 Å². The summed E-state index contributed by atoms with van der Waals surface area (Å²) in [5, 5.41) is 26.5. The highest BCUT2D eigenvalue weighted by Gasteiger charge is 2.39. The first-order valence-electron chi connectivity index (χ1n) is 15.2. The number of aliphatic hydroxyl groups excluding tert-OH is 1. The van der Waals surface area contributed by atoms with Gasteiger partial charge >= 0.3 is 0 Å². The van der Waals surface area contributed by atoms with E-state index in [9.17, 15) is 15.0 Å². The van der Waals surface area contributed by atoms with Crippen molar-refractivity contribution < 1.29 is 28.9 Å². The van der Waals surface area contributed by atoms with Crippen molar-refractivity contribution in [2.75, 3.05) is 20.8 Å². The topological polar surface area (TPSA) is 109 Å². The van der Waals surface area contributed by atoms with Gasteiger partial charge in [0.2, 0.25) is 5.91 Å². The molecule has 0 spiro atoms. The van der Waals surface area contributed by atoms with Gasteiger partial charge in [0.1, 0.15) is 17.2 Å². The lowest BCUT2D eigenvalue weighted by Gasteiger charge is -2.40. The Labute approximate surface area is 263 Å². The second-order valence-electron chi connectivity index (χ2n) is 12.8. The molecule has 0 saturated carbocycles. The number of rotatable bonds is 15. The van der Waals surface area contributed by atoms with E-state index in [0.29, 0.717) is 30.2 Å². The molecule has 3 aromatic carbocycles. The summed E-state index contributed by atoms with van der Waals surface area (Å²) in [6.45, 7) is 13.9. The third-order valence-electron chi connectivity index (χ3n) is 8.43. The first-order chi connectivity index (χ1) is 20.8. The van der Waals surface area contributed by atoms with Crippen molar-refractivity contribution in [2.24, 2.45) is 0 Å². The van der Waals surface area contributed by atoms with Crippen molar-refractivity contribution in [3.63, 3.8) is 0 Å². The van der Waals surface area contributed by atoms with Gasteiger partial charge in [-0.1, -0.05) is 57.2 Å². The SMILES string of the molecule is COc1cccc(OC)c1CNC(=O)Cc1cccc(CC(C)NCC(O[Si](C)(C)C(C)(C)C)c2ccc(O)c(CO)c2)c1. The molecular formula is C35H50N2O6Si. The molecule has 2 unspecified atom stereocenters. The van der Waals surface area contributed by atoms with Crippen LogP contribution in [0.25, 0.3) is 0 Å². The molecule has 0 bridgehead atoms. The Morgan fingerprint density at radius 1 is 0.955 bits per heavy atom. The predicted molar refractivity (Wildman–Crippen MR) is 178 cm³/mol. The fourth-order valence-electron chi connectivity index (χ4n) is 4.83. The molecule has 0 aliphatic carbocycles. The molecule has 44 heavy (non-hydrogen) atoms. The molecule has 0 aliphatic heterocycles. The van der Waals surface area contributed by atoms with Gasteiger partial charge in [-0.05, 0) is 72.4 Å². The molecule has 1 amide bonds. The van der Waals surface area contributed by atoms with Crippen LogP contribution in [0.5, 0.6) is 17.2 Å². The van der Waals surface area contributed by atoms with Crippen molar-refractivity contribution in [1.82, 2.24) is 10.6 Å². The van der Waals surface area contributed by atoms with Crippen LogP contribution in [-0.2, 0) is 35.2 Å². The number of carbonyl (C=O) groups is 1. The van der Waals surface area contributed by atoms with Crippen molar-refractivity contribution in [3.8, 4) is 17.2 Å². The van der Waals surface area contributed by atoms with E-state index in [-0.39, 0.29) is 41.9 Å². The molecule has 240 valence electrons. The number of benzene rings is 3. The summed E-state index contributed by atoms with van der Waals surface area (Å²) in [5.74, 6) is 1.34. The third kappa shape index (κ3) is 9.56. The van der Waals surface area contributed by atoms with Gasteiger partial charge in [-0.15, -0.1) is 0 Å². The van der Waals surface area contributed by atoms with E-state index in [1.165, 1.54) is 0 Å². The van der Waals surface area contributed by atoms with Gasteiger partial charge in [-0.3, -0.25) is 4.79 Å². The molecule has 4 N–H and O–H groups in total. The summed E-state index contributed by atoms with van der Waals surface area (Å²) in [6.07, 6.45) is 0.808. The number of ether oxygens (including phenoxy) is 2. The van der Waals surface area contributed by atoms with E-state index < -0.39 is 8.32 Å². The van der Waals surface area contributed by atoms with Gasteiger partial charge in [-0.25, -0.2) is 0 Å². The minimum atomic E-state index is -2.12. The lowest BCUT2D eigenvalue weighted by atomic mass is 10.0. The average molecular weight is 623 g/mol. The lowest BCUT2D eigenvalue weighted by Crippen LogP contribution is -2.44. The zero-order chi connectivity index (χ0) is 32.5. The summed E-state index contributed by atoms with van der Waals surface area (Å²) in [7, 11) is 1.08. The summed E-state index contributed by atoms with van der Waals surface area (Å²) < 4.78 is 17.7. The van der Waals surface area contributed by atoms with E-state index in [1.54, 1.807) is 20.3 Å². The number of aliphatic hydroxyl groups is 1. The van der Waals surface area contributed by atoms with Crippen LogP contribution >= 0.6 is 0 Å². The molecule has 0 aromatic heterocycles. The van der Waals surface area contributed by atoms with Crippen LogP contribution in [0.1, 0.15) is 61.6 Å². The minimum absolute atomic E-state index is 0.0273. The van der Waals surface area contributed by atoms with E-state index in [1.807, 2.05) is 42.5 Å². The van der Waals surface area contributed by atoms with Crippen molar-refractivity contribution in [1.29, 1.82) is 0 Å². The van der Waals surface area contributed by atoms with Crippen LogP contribution in [-0.4, -0.2) is 51.2 Å². The maximum atomic E-state index is 12.8. The van der Waals surface area contributed by atoms with Crippen LogP contribution in [0.15, 0.2) is 60.7 Å². The fraction of sp³-hybridized carbons (Fsp3) is 0.457. The Morgan fingerprint density at radius 3 is 2.20 bits per heavy atom. The largest absolute Gasteiger partial charge is 0.508 e. The normalized spacial score (nSPS) is 13.3. The number of phenols is 1. The molecule has 0 saturated heterocycles. The zero-order valence-corrected chi connectivity index (χ0v) is 28.5. The number of hydrogen-bond donors (Lipinski definition) is 4. The minimum Gasteiger partial charge on any atom is -0.508 e. The monoisotopic (exact) mass is 622 g/mol. The summed E-state index contributed by atoms with van der Waals surface area (Å²) >= 11 is 0. The van der Waals surface area contributed by atoms with E-state index in [4.69, 9.17) is 13.9 Å². The van der Waals surface area contributed by atoms with Crippen LogP contribution < -0.4 is 20.1 Å². The Kier molecular flexibility index (Phi) is 12.4. The predicted octanol–water partition coefficient (Wildman–Crippen LogP) is 6.04. The zero-order valence-electron chi connectivity index (χ0n) is 27.5. The lowest BCUT2D eigenvalue weighted by molar-refractivity contribution is -0.120. The summed E-state index contributed by atoms with van der Waals surface area (Å²) in [4.78, 5) is 12.8. The molecule has 8 nitrogen and oxygen atoms in total. The second kappa shape index (κ2) is 15.6. The van der Waals surface area contributed by atoms with Crippen molar-refractivity contribution in [3.05, 3.63) is 88.5 Å². The molecule has 0 aliphatic rings. The molecule has 9 heteroatoms. The first kappa shape index (κ1) is 35.1. The number of amides is 1. The third-order valence-corrected chi connectivity index (χ3v) is 12.9. The Morgan fingerprint density at radius 2 is 1.59 bits per heavy atom. The number of methoxy groups -OCH3 is 2. The van der Waals surface area contributed by atoms with Gasteiger partial charge in [0.15, 0.2) is 8.32 Å². The maximum absolute atomic E-state index is 12.8. The highest BCUT2D eigenvalue weighted by molar-refractivity contribution is 6.74. The molecular weight excluding hydrogens is 572 g/mol. The highest BCUT2D eigenvalue weighted by atomic mass is 28.4. The van der Waals surface area contributed by atoms with Gasteiger partial charge in [0.25, 0.3) is 0 Å². The first-order valence-corrected chi connectivity index (χ1v) is 18.1. The Hall–Kier alpha value is -3.37. The highest BCUT2D eigenvalue weighted by Crippen LogP contribution is 2.40. The standard InChI is InChI=1S/C35H50N2O6Si/c1-24(36-22-33(43-44(7,8)35(2,3)4)27-15-16-30(39)28(20-27)23-38)17-25-11-9-12-26(18-25)19-34(40)37-21-29-31(41-5)13-10-14-32(29)42-6/h9-16,18,20,24,33,36,38-39H,17,19,21-23H2,1-8H3,(H,37,40). The molecule has 3 aromatic rings. The number of nitrogens with one attached hydrogen (secondary N) is 2. The Bertz CT molecular complexity index is 1370. The van der Waals surface area contributed by atoms with E-state index in [0.717, 1.165) is 28.7 Å². The van der Waals surface area contributed by atoms with Gasteiger partial charge < -0.3 is 34.7 Å². The number of aromatic hydroxyl groups is 1. The van der Waals surface area contributed by atoms with Crippen LogP contribution in [0.4, 0.5) is 0 Å². The van der Waals surface area contributed by atoms with Gasteiger partial charge in [0, 0.05) is 18.2 Å². The Balaban J connectivity index is 1.64. The molecule has 0 radical (unpaired) electrons. The maximum Gasteiger partial charge on any atom is 0.224 e. The van der Waals surface area contributed by atoms with Crippen LogP contribution in [0, 0.1) is 0 Å². The second-order valence-corrected chi connectivity index (χ2v) is 17.6. The van der Waals surface area contributed by atoms with Gasteiger partial charge in [0.05, 0.1) is 45.5 Å². The quantitative estimate of drug-likeness (QED) is 0.153. The number of hydrogen-bond acceptors (Lipinski definition) is 7. The average Bonchev–Trinajstić information content (AvgIpc) is 2.97. The smallest absolute Gasteiger partial charge is 0.224 e. The van der Waals surface area contributed by atoms with Gasteiger partial charge in [-0.2, -0.15) is 0 Å². The summed E-state index contributed by atoms with van der Waals surface area (Å²) in [6, 6.07) is 19.1. The van der Waals surface area contributed by atoms with E-state index in [2.05, 4.69) is 63.6 Å². The molecule has 2 atom stereocenters. The molecule has 0 heterocycles. The fourth-order valence-corrected chi connectivity index (χ4v) is 6.11. The van der Waals surface area contributed by atoms with E-state index >= 15 is 0 Å². The van der Waals surface area contributed by atoms with Crippen LogP contribution in [0.3, 0.4) is 0 Å². The molecule has 3 rings (SSSR count). The van der Waals surface area contributed by atoms with Crippen molar-refractivity contribution in [2.45, 2.75) is 84.0 Å². The molecule has 0 fully saturated rings. The summed E-state index contributed by atoms with van der Waals surface area (Å²) in [5.41, 5.74) is 4.29. The number of carbonyl (C=O) groups excluding carboxylic acids is 1. The van der Waals surface area contributed by atoms with Crippen molar-refractivity contribution >= 4 is 14.2 Å².